The largest absolute Gasteiger partial charge is 0.383 e. The van der Waals surface area contributed by atoms with E-state index in [9.17, 15) is 0 Å². The van der Waals surface area contributed by atoms with E-state index in [2.05, 4.69) is 24.5 Å². The molecule has 1 aromatic rings. The second kappa shape index (κ2) is 3.76. The Hall–Kier alpha value is -0.600. The van der Waals surface area contributed by atoms with Crippen molar-refractivity contribution < 1.29 is 0 Å². The van der Waals surface area contributed by atoms with Gasteiger partial charge in [-0.25, -0.2) is 0 Å². The molecular formula is C11H14Cl2N2. The Morgan fingerprint density at radius 2 is 1.73 bits per heavy atom. The fourth-order valence-electron chi connectivity index (χ4n) is 1.73. The molecule has 0 bridgehead atoms. The topological polar surface area (TPSA) is 24.1 Å². The molecule has 0 saturated carbocycles. The van der Waals surface area contributed by atoms with Crippen LogP contribution in [0.3, 0.4) is 0 Å². The number of benzene rings is 1. The molecule has 0 aliphatic carbocycles. The van der Waals surface area contributed by atoms with Gasteiger partial charge in [0.25, 0.3) is 0 Å². The van der Waals surface area contributed by atoms with E-state index in [4.69, 9.17) is 23.2 Å². The molecule has 2 N–H and O–H groups in total. The smallest absolute Gasteiger partial charge is 0.0614 e. The minimum atomic E-state index is 0.0788. The molecule has 1 aromatic carbocycles. The molecule has 2 nitrogen and oxygen atoms in total. The first-order valence-corrected chi connectivity index (χ1v) is 5.75. The van der Waals surface area contributed by atoms with Gasteiger partial charge in [-0.1, -0.05) is 23.2 Å². The van der Waals surface area contributed by atoms with Crippen molar-refractivity contribution in [3.8, 4) is 0 Å². The van der Waals surface area contributed by atoms with Crippen molar-refractivity contribution in [2.75, 3.05) is 17.2 Å². The van der Waals surface area contributed by atoms with Crippen LogP contribution in [-0.4, -0.2) is 12.1 Å². The molecule has 0 fully saturated rings. The van der Waals surface area contributed by atoms with Crippen LogP contribution < -0.4 is 10.6 Å². The molecule has 1 aliphatic heterocycles. The zero-order valence-corrected chi connectivity index (χ0v) is 10.3. The van der Waals surface area contributed by atoms with Gasteiger partial charge in [-0.05, 0) is 32.4 Å². The molecule has 2 rings (SSSR count). The molecule has 0 spiro atoms. The number of hydrogen-bond donors (Lipinski definition) is 2. The molecule has 0 radical (unpaired) electrons. The van der Waals surface area contributed by atoms with Gasteiger partial charge in [0.05, 0.1) is 21.4 Å². The van der Waals surface area contributed by atoms with Gasteiger partial charge in [-0.2, -0.15) is 0 Å². The predicted octanol–water partition coefficient (Wildman–Crippen LogP) is 4.00. The first-order valence-electron chi connectivity index (χ1n) is 4.99. The van der Waals surface area contributed by atoms with E-state index >= 15 is 0 Å². The van der Waals surface area contributed by atoms with E-state index in [0.29, 0.717) is 10.0 Å². The second-order valence-electron chi connectivity index (χ2n) is 4.50. The third-order valence-corrected chi connectivity index (χ3v) is 3.32. The molecule has 15 heavy (non-hydrogen) atoms. The van der Waals surface area contributed by atoms with Crippen molar-refractivity contribution in [2.24, 2.45) is 0 Å². The van der Waals surface area contributed by atoms with E-state index in [0.717, 1.165) is 24.3 Å². The van der Waals surface area contributed by atoms with E-state index in [1.807, 2.05) is 12.1 Å². The van der Waals surface area contributed by atoms with Crippen LogP contribution in [0.2, 0.25) is 10.0 Å². The second-order valence-corrected chi connectivity index (χ2v) is 5.31. The molecule has 82 valence electrons. The summed E-state index contributed by atoms with van der Waals surface area (Å²) in [5, 5.41) is 7.98. The standard InChI is InChI=1S/C11H14Cl2N2/c1-11(2)3-4-14-9-5-7(12)8(13)6-10(9)15-11/h5-6,14-15H,3-4H2,1-2H3. The highest BCUT2D eigenvalue weighted by Crippen LogP contribution is 2.36. The van der Waals surface area contributed by atoms with E-state index in [1.165, 1.54) is 0 Å². The maximum absolute atomic E-state index is 5.99. The summed E-state index contributed by atoms with van der Waals surface area (Å²) in [7, 11) is 0. The van der Waals surface area contributed by atoms with Crippen molar-refractivity contribution in [3.05, 3.63) is 22.2 Å². The van der Waals surface area contributed by atoms with Crippen LogP contribution in [0.1, 0.15) is 20.3 Å². The van der Waals surface area contributed by atoms with Crippen LogP contribution in [0.5, 0.6) is 0 Å². The molecule has 1 heterocycles. The average Bonchev–Trinajstić information content (AvgIpc) is 2.24. The van der Waals surface area contributed by atoms with Gasteiger partial charge < -0.3 is 10.6 Å². The fourth-order valence-corrected chi connectivity index (χ4v) is 2.06. The van der Waals surface area contributed by atoms with Crippen molar-refractivity contribution in [3.63, 3.8) is 0 Å². The third-order valence-electron chi connectivity index (χ3n) is 2.60. The van der Waals surface area contributed by atoms with E-state index in [-0.39, 0.29) is 5.54 Å². The summed E-state index contributed by atoms with van der Waals surface area (Å²) in [6.07, 6.45) is 1.05. The Morgan fingerprint density at radius 3 is 2.40 bits per heavy atom. The molecular weight excluding hydrogens is 231 g/mol. The molecule has 0 saturated heterocycles. The Kier molecular flexibility index (Phi) is 2.73. The summed E-state index contributed by atoms with van der Waals surface area (Å²) in [4.78, 5) is 0. The maximum Gasteiger partial charge on any atom is 0.0614 e. The lowest BCUT2D eigenvalue weighted by molar-refractivity contribution is 0.540. The number of fused-ring (bicyclic) bond motifs is 1. The Balaban J connectivity index is 2.43. The van der Waals surface area contributed by atoms with E-state index < -0.39 is 0 Å². The molecule has 0 unspecified atom stereocenters. The zero-order chi connectivity index (χ0) is 11.1. The van der Waals surface area contributed by atoms with Crippen LogP contribution in [0.15, 0.2) is 12.1 Å². The van der Waals surface area contributed by atoms with Gasteiger partial charge in [0.1, 0.15) is 0 Å². The van der Waals surface area contributed by atoms with E-state index in [1.54, 1.807) is 0 Å². The minimum Gasteiger partial charge on any atom is -0.383 e. The molecule has 0 aromatic heterocycles. The van der Waals surface area contributed by atoms with Crippen LogP contribution in [0.25, 0.3) is 0 Å². The number of anilines is 2. The normalized spacial score (nSPS) is 18.4. The highest BCUT2D eigenvalue weighted by molar-refractivity contribution is 6.42. The SMILES string of the molecule is CC1(C)CCNc2cc(Cl)c(Cl)cc2N1. The van der Waals surface area contributed by atoms with Gasteiger partial charge in [0, 0.05) is 12.1 Å². The van der Waals surface area contributed by atoms with Crippen molar-refractivity contribution in [1.82, 2.24) is 0 Å². The van der Waals surface area contributed by atoms with Crippen molar-refractivity contribution in [2.45, 2.75) is 25.8 Å². The maximum atomic E-state index is 5.99. The van der Waals surface area contributed by atoms with Crippen molar-refractivity contribution in [1.29, 1.82) is 0 Å². The lowest BCUT2D eigenvalue weighted by atomic mass is 10.0. The number of halogens is 2. The van der Waals surface area contributed by atoms with Gasteiger partial charge in [0.15, 0.2) is 0 Å². The summed E-state index contributed by atoms with van der Waals surface area (Å²) in [6, 6.07) is 3.74. The van der Waals surface area contributed by atoms with Crippen LogP contribution in [0.4, 0.5) is 11.4 Å². The minimum absolute atomic E-state index is 0.0788. The van der Waals surface area contributed by atoms with Crippen molar-refractivity contribution >= 4 is 34.6 Å². The van der Waals surface area contributed by atoms with Gasteiger partial charge in [-0.15, -0.1) is 0 Å². The predicted molar refractivity (Wildman–Crippen MR) is 67.3 cm³/mol. The number of hydrogen-bond acceptors (Lipinski definition) is 2. The molecule has 1 aliphatic rings. The summed E-state index contributed by atoms with van der Waals surface area (Å²) in [6.45, 7) is 5.28. The Labute approximate surface area is 100.0 Å². The number of nitrogens with one attached hydrogen (secondary N) is 2. The summed E-state index contributed by atoms with van der Waals surface area (Å²) in [5.74, 6) is 0. The quantitative estimate of drug-likeness (QED) is 0.721. The van der Waals surface area contributed by atoms with Crippen LogP contribution in [0, 0.1) is 0 Å². The Bertz CT molecular complexity index is 388. The monoisotopic (exact) mass is 244 g/mol. The summed E-state index contributed by atoms with van der Waals surface area (Å²) < 4.78 is 0. The van der Waals surface area contributed by atoms with Gasteiger partial charge in [0.2, 0.25) is 0 Å². The van der Waals surface area contributed by atoms with Gasteiger partial charge in [-0.3, -0.25) is 0 Å². The summed E-state index contributed by atoms with van der Waals surface area (Å²) in [5.41, 5.74) is 2.12. The lowest BCUT2D eigenvalue weighted by Crippen LogP contribution is -2.30. The molecule has 0 amide bonds. The number of rotatable bonds is 0. The highest BCUT2D eigenvalue weighted by atomic mass is 35.5. The highest BCUT2D eigenvalue weighted by Gasteiger charge is 2.22. The summed E-state index contributed by atoms with van der Waals surface area (Å²) >= 11 is 12.0. The third kappa shape index (κ3) is 2.32. The molecule has 0 atom stereocenters. The first-order chi connectivity index (χ1) is 6.98. The fraction of sp³-hybridized carbons (Fsp3) is 0.455. The van der Waals surface area contributed by atoms with Gasteiger partial charge >= 0.3 is 0 Å². The molecule has 4 heteroatoms. The average molecular weight is 245 g/mol. The first kappa shape index (κ1) is 10.9. The van der Waals surface area contributed by atoms with Crippen LogP contribution in [-0.2, 0) is 0 Å². The van der Waals surface area contributed by atoms with Crippen LogP contribution >= 0.6 is 23.2 Å². The lowest BCUT2D eigenvalue weighted by Gasteiger charge is -2.25. The Morgan fingerprint density at radius 1 is 1.13 bits per heavy atom. The zero-order valence-electron chi connectivity index (χ0n) is 8.82.